The average Bonchev–Trinajstić information content (AvgIpc) is 2.45. The normalized spacial score (nSPS) is 18.7. The van der Waals surface area contributed by atoms with Crippen molar-refractivity contribution in [3.63, 3.8) is 0 Å². The van der Waals surface area contributed by atoms with E-state index in [4.69, 9.17) is 0 Å². The van der Waals surface area contributed by atoms with Crippen molar-refractivity contribution in [1.82, 2.24) is 5.32 Å². The molecule has 1 fully saturated rings. The van der Waals surface area contributed by atoms with E-state index in [9.17, 15) is 0 Å². The van der Waals surface area contributed by atoms with Gasteiger partial charge in [-0.15, -0.1) is 0 Å². The smallest absolute Gasteiger partial charge is 0.00205 e. The van der Waals surface area contributed by atoms with Crippen LogP contribution in [0.15, 0.2) is 30.3 Å². The van der Waals surface area contributed by atoms with Crippen molar-refractivity contribution in [3.05, 3.63) is 35.9 Å². The number of rotatable bonds is 6. The second kappa shape index (κ2) is 7.58. The molecule has 0 bridgehead atoms. The van der Waals surface area contributed by atoms with Gasteiger partial charge < -0.3 is 5.32 Å². The van der Waals surface area contributed by atoms with E-state index in [1.807, 2.05) is 0 Å². The lowest BCUT2D eigenvalue weighted by molar-refractivity contribution is 0.341. The van der Waals surface area contributed by atoms with Gasteiger partial charge in [0.25, 0.3) is 0 Å². The van der Waals surface area contributed by atoms with Crippen molar-refractivity contribution in [1.29, 1.82) is 0 Å². The summed E-state index contributed by atoms with van der Waals surface area (Å²) in [6, 6.07) is 10.9. The highest BCUT2D eigenvalue weighted by atomic mass is 14.9. The molecule has 0 spiro atoms. The van der Waals surface area contributed by atoms with E-state index in [1.165, 1.54) is 50.6 Å². The minimum absolute atomic E-state index is 0.671. The first-order valence-electron chi connectivity index (χ1n) is 7.62. The molecule has 1 N–H and O–H groups in total. The fraction of sp³-hybridized carbons (Fsp3) is 0.647. The zero-order valence-corrected chi connectivity index (χ0v) is 11.7. The van der Waals surface area contributed by atoms with Crippen molar-refractivity contribution in [2.24, 2.45) is 5.92 Å². The van der Waals surface area contributed by atoms with Crippen LogP contribution in [-0.4, -0.2) is 13.1 Å². The lowest BCUT2D eigenvalue weighted by Crippen LogP contribution is -2.26. The van der Waals surface area contributed by atoms with E-state index in [0.717, 1.165) is 12.5 Å². The summed E-state index contributed by atoms with van der Waals surface area (Å²) in [5.41, 5.74) is 1.47. The fourth-order valence-electron chi connectivity index (χ4n) is 2.96. The van der Waals surface area contributed by atoms with Crippen LogP contribution in [0.4, 0.5) is 0 Å². The Morgan fingerprint density at radius 1 is 1.11 bits per heavy atom. The molecule has 1 aliphatic rings. The van der Waals surface area contributed by atoms with Gasteiger partial charge in [-0.25, -0.2) is 0 Å². The highest BCUT2D eigenvalue weighted by Gasteiger charge is 2.12. The first kappa shape index (κ1) is 13.6. The summed E-state index contributed by atoms with van der Waals surface area (Å²) in [6.07, 6.45) is 8.50. The molecule has 1 heteroatoms. The van der Waals surface area contributed by atoms with Crippen LogP contribution in [0.25, 0.3) is 0 Å². The molecular weight excluding hydrogens is 218 g/mol. The van der Waals surface area contributed by atoms with Crippen LogP contribution in [-0.2, 0) is 0 Å². The van der Waals surface area contributed by atoms with Gasteiger partial charge in [-0.2, -0.15) is 0 Å². The average molecular weight is 245 g/mol. The third-order valence-corrected chi connectivity index (χ3v) is 4.28. The lowest BCUT2D eigenvalue weighted by atomic mass is 9.89. The fourth-order valence-corrected chi connectivity index (χ4v) is 2.96. The lowest BCUT2D eigenvalue weighted by Gasteiger charge is -2.22. The maximum absolute atomic E-state index is 3.66. The van der Waals surface area contributed by atoms with Gasteiger partial charge in [0, 0.05) is 0 Å². The second-order valence-corrected chi connectivity index (χ2v) is 5.81. The van der Waals surface area contributed by atoms with Crippen LogP contribution in [0.3, 0.4) is 0 Å². The first-order valence-corrected chi connectivity index (χ1v) is 7.62. The Morgan fingerprint density at radius 3 is 2.56 bits per heavy atom. The number of benzene rings is 1. The highest BCUT2D eigenvalue weighted by molar-refractivity contribution is 5.18. The largest absolute Gasteiger partial charge is 0.316 e. The summed E-state index contributed by atoms with van der Waals surface area (Å²) in [6.45, 7) is 4.73. The standard InChI is InChI=1S/C17H27N/c1-15(17-10-6-3-7-11-17)12-13-18-14-16-8-4-2-5-9-16/h3,6-7,10-11,15-16,18H,2,4-5,8-9,12-14H2,1H3. The van der Waals surface area contributed by atoms with Crippen LogP contribution < -0.4 is 5.32 Å². The summed E-state index contributed by atoms with van der Waals surface area (Å²) in [4.78, 5) is 0. The highest BCUT2D eigenvalue weighted by Crippen LogP contribution is 2.23. The summed E-state index contributed by atoms with van der Waals surface area (Å²) >= 11 is 0. The van der Waals surface area contributed by atoms with Gasteiger partial charge >= 0.3 is 0 Å². The van der Waals surface area contributed by atoms with Gasteiger partial charge in [0.05, 0.1) is 0 Å². The summed E-state index contributed by atoms with van der Waals surface area (Å²) in [5.74, 6) is 1.62. The predicted octanol–water partition coefficient (Wildman–Crippen LogP) is 4.35. The zero-order valence-electron chi connectivity index (χ0n) is 11.7. The molecule has 1 nitrogen and oxygen atoms in total. The maximum atomic E-state index is 3.66. The van der Waals surface area contributed by atoms with Crippen LogP contribution in [0, 0.1) is 5.92 Å². The molecule has 0 aliphatic heterocycles. The van der Waals surface area contributed by atoms with Gasteiger partial charge in [-0.1, -0.05) is 56.5 Å². The number of hydrogen-bond donors (Lipinski definition) is 1. The molecule has 18 heavy (non-hydrogen) atoms. The van der Waals surface area contributed by atoms with Crippen molar-refractivity contribution >= 4 is 0 Å². The quantitative estimate of drug-likeness (QED) is 0.735. The van der Waals surface area contributed by atoms with E-state index in [0.29, 0.717) is 5.92 Å². The Hall–Kier alpha value is -0.820. The Kier molecular flexibility index (Phi) is 5.73. The van der Waals surface area contributed by atoms with Gasteiger partial charge in [0.2, 0.25) is 0 Å². The van der Waals surface area contributed by atoms with Gasteiger partial charge in [0.1, 0.15) is 0 Å². The molecule has 1 atom stereocenters. The Labute approximate surface area is 112 Å². The molecule has 1 aromatic rings. The van der Waals surface area contributed by atoms with Crippen molar-refractivity contribution in [2.75, 3.05) is 13.1 Å². The Bertz CT molecular complexity index is 314. The zero-order chi connectivity index (χ0) is 12.6. The molecule has 0 saturated heterocycles. The molecule has 0 heterocycles. The van der Waals surface area contributed by atoms with E-state index in [1.54, 1.807) is 0 Å². The molecule has 1 aromatic carbocycles. The second-order valence-electron chi connectivity index (χ2n) is 5.81. The van der Waals surface area contributed by atoms with E-state index in [-0.39, 0.29) is 0 Å². The SMILES string of the molecule is CC(CCNCC1CCCCC1)c1ccccc1. The van der Waals surface area contributed by atoms with Crippen LogP contribution in [0.1, 0.15) is 56.9 Å². The predicted molar refractivity (Wildman–Crippen MR) is 78.9 cm³/mol. The molecule has 1 saturated carbocycles. The third kappa shape index (κ3) is 4.45. The third-order valence-electron chi connectivity index (χ3n) is 4.28. The van der Waals surface area contributed by atoms with Crippen LogP contribution in [0.2, 0.25) is 0 Å². The Balaban J connectivity index is 1.60. The van der Waals surface area contributed by atoms with Crippen LogP contribution in [0.5, 0.6) is 0 Å². The summed E-state index contributed by atoms with van der Waals surface area (Å²) < 4.78 is 0. The van der Waals surface area contributed by atoms with E-state index < -0.39 is 0 Å². The topological polar surface area (TPSA) is 12.0 Å². The molecule has 1 aliphatic carbocycles. The van der Waals surface area contributed by atoms with E-state index >= 15 is 0 Å². The van der Waals surface area contributed by atoms with E-state index in [2.05, 4.69) is 42.6 Å². The summed E-state index contributed by atoms with van der Waals surface area (Å²) in [5, 5.41) is 3.66. The van der Waals surface area contributed by atoms with Crippen LogP contribution >= 0.6 is 0 Å². The first-order chi connectivity index (χ1) is 8.86. The van der Waals surface area contributed by atoms with Gasteiger partial charge in [0.15, 0.2) is 0 Å². The maximum Gasteiger partial charge on any atom is -0.00205 e. The van der Waals surface area contributed by atoms with Crippen molar-refractivity contribution in [3.8, 4) is 0 Å². The molecule has 0 aromatic heterocycles. The molecule has 1 unspecified atom stereocenters. The molecular formula is C17H27N. The minimum Gasteiger partial charge on any atom is -0.316 e. The monoisotopic (exact) mass is 245 g/mol. The minimum atomic E-state index is 0.671. The molecule has 100 valence electrons. The molecule has 0 amide bonds. The van der Waals surface area contributed by atoms with Gasteiger partial charge in [-0.3, -0.25) is 0 Å². The van der Waals surface area contributed by atoms with Crippen molar-refractivity contribution < 1.29 is 0 Å². The van der Waals surface area contributed by atoms with Crippen molar-refractivity contribution in [2.45, 2.75) is 51.4 Å². The molecule has 0 radical (unpaired) electrons. The van der Waals surface area contributed by atoms with Gasteiger partial charge in [-0.05, 0) is 49.8 Å². The number of nitrogens with one attached hydrogen (secondary N) is 1. The molecule has 2 rings (SSSR count). The summed E-state index contributed by atoms with van der Waals surface area (Å²) in [7, 11) is 0. The Morgan fingerprint density at radius 2 is 1.83 bits per heavy atom. The number of hydrogen-bond acceptors (Lipinski definition) is 1.